The van der Waals surface area contributed by atoms with Crippen molar-refractivity contribution in [3.63, 3.8) is 0 Å². The fourth-order valence-corrected chi connectivity index (χ4v) is 9.37. The minimum Gasteiger partial charge on any atom is -0.456 e. The van der Waals surface area contributed by atoms with E-state index in [9.17, 15) is 0 Å². The summed E-state index contributed by atoms with van der Waals surface area (Å²) < 4.78 is 11.5. The Morgan fingerprint density at radius 1 is 0.435 bits per heavy atom. The molecule has 0 saturated heterocycles. The summed E-state index contributed by atoms with van der Waals surface area (Å²) >= 11 is 3.81. The van der Waals surface area contributed by atoms with Crippen molar-refractivity contribution in [1.82, 2.24) is 4.98 Å². The first-order chi connectivity index (χ1) is 22.7. The lowest BCUT2D eigenvalue weighted by Crippen LogP contribution is -1.80. The Balaban J connectivity index is 0.950. The van der Waals surface area contributed by atoms with Crippen molar-refractivity contribution in [2.24, 2.45) is 0 Å². The molecule has 0 aliphatic heterocycles. The van der Waals surface area contributed by atoms with Crippen molar-refractivity contribution in [1.29, 1.82) is 0 Å². The molecule has 2 nitrogen and oxygen atoms in total. The predicted octanol–water partition coefficient (Wildman–Crippen LogP) is 13.2. The fraction of sp³-hybridized carbons (Fsp3) is 0. The summed E-state index contributed by atoms with van der Waals surface area (Å²) in [6.45, 7) is 0. The highest BCUT2D eigenvalue weighted by Crippen LogP contribution is 2.46. The number of nitrogens with one attached hydrogen (secondary N) is 1. The van der Waals surface area contributed by atoms with E-state index >= 15 is 0 Å². The standard InChI is InChI=1S/C42H25NOS2/c1-3-7-35-31(5-1)21-36(43-35)27-13-9-25(10-14-27)29-17-19-33-39(23-29)45-42-34-20-18-30(24-40(34)46-41(33)42)26-11-15-28(16-12-26)38-22-32-6-2-4-8-37(32)44-38/h1-24,43H. The topological polar surface area (TPSA) is 28.9 Å². The van der Waals surface area contributed by atoms with Crippen LogP contribution in [0.2, 0.25) is 0 Å². The Morgan fingerprint density at radius 2 is 0.978 bits per heavy atom. The van der Waals surface area contributed by atoms with E-state index in [4.69, 9.17) is 4.42 Å². The molecule has 4 heteroatoms. The average molecular weight is 624 g/mol. The van der Waals surface area contributed by atoms with E-state index in [1.807, 2.05) is 40.9 Å². The van der Waals surface area contributed by atoms with Crippen molar-refractivity contribution < 1.29 is 4.42 Å². The van der Waals surface area contributed by atoms with Crippen molar-refractivity contribution in [3.8, 4) is 44.8 Å². The monoisotopic (exact) mass is 623 g/mol. The van der Waals surface area contributed by atoms with Gasteiger partial charge < -0.3 is 9.40 Å². The molecule has 10 aromatic rings. The summed E-state index contributed by atoms with van der Waals surface area (Å²) in [4.78, 5) is 3.55. The van der Waals surface area contributed by atoms with Gasteiger partial charge in [-0.2, -0.15) is 0 Å². The van der Waals surface area contributed by atoms with Gasteiger partial charge in [0.2, 0.25) is 0 Å². The Kier molecular flexibility index (Phi) is 5.65. The SMILES string of the molecule is c1ccc2[nH]c(-c3ccc(-c4ccc5c(c4)sc4c6ccc(-c7ccc(-c8cc9ccccc9o8)cc7)cc6sc54)cc3)cc2c1. The fourth-order valence-electron chi connectivity index (χ4n) is 6.64. The van der Waals surface area contributed by atoms with E-state index < -0.39 is 0 Å². The lowest BCUT2D eigenvalue weighted by atomic mass is 10.0. The Morgan fingerprint density at radius 3 is 1.61 bits per heavy atom. The van der Waals surface area contributed by atoms with Crippen LogP contribution in [-0.2, 0) is 0 Å². The zero-order valence-electron chi connectivity index (χ0n) is 24.6. The molecule has 46 heavy (non-hydrogen) atoms. The molecular weight excluding hydrogens is 599 g/mol. The van der Waals surface area contributed by atoms with Crippen molar-refractivity contribution in [3.05, 3.63) is 146 Å². The van der Waals surface area contributed by atoms with E-state index in [1.165, 1.54) is 68.3 Å². The van der Waals surface area contributed by atoms with Crippen LogP contribution in [0, 0.1) is 0 Å². The zero-order valence-corrected chi connectivity index (χ0v) is 26.2. The van der Waals surface area contributed by atoms with Gasteiger partial charge in [0, 0.05) is 47.7 Å². The maximum absolute atomic E-state index is 6.08. The number of hydrogen-bond donors (Lipinski definition) is 1. The maximum Gasteiger partial charge on any atom is 0.135 e. The van der Waals surface area contributed by atoms with Crippen molar-refractivity contribution in [2.45, 2.75) is 0 Å². The van der Waals surface area contributed by atoms with Gasteiger partial charge in [-0.25, -0.2) is 0 Å². The summed E-state index contributed by atoms with van der Waals surface area (Å²) in [5.41, 5.74) is 10.5. The molecule has 0 saturated carbocycles. The number of aromatic amines is 1. The molecule has 0 spiro atoms. The number of rotatable bonds is 4. The number of hydrogen-bond acceptors (Lipinski definition) is 3. The second kappa shape index (κ2) is 10.0. The lowest BCUT2D eigenvalue weighted by molar-refractivity contribution is 0.631. The van der Waals surface area contributed by atoms with Gasteiger partial charge in [0.1, 0.15) is 11.3 Å². The quantitative estimate of drug-likeness (QED) is 0.208. The van der Waals surface area contributed by atoms with Crippen molar-refractivity contribution in [2.75, 3.05) is 0 Å². The smallest absolute Gasteiger partial charge is 0.135 e. The molecule has 10 rings (SSSR count). The molecule has 216 valence electrons. The van der Waals surface area contributed by atoms with Gasteiger partial charge in [-0.3, -0.25) is 0 Å². The number of furan rings is 1. The van der Waals surface area contributed by atoms with E-state index in [-0.39, 0.29) is 0 Å². The third kappa shape index (κ3) is 4.15. The normalized spacial score (nSPS) is 11.9. The number of fused-ring (bicyclic) bond motifs is 7. The maximum atomic E-state index is 6.08. The molecule has 1 N–H and O–H groups in total. The van der Waals surface area contributed by atoms with Gasteiger partial charge >= 0.3 is 0 Å². The molecule has 0 aliphatic carbocycles. The zero-order chi connectivity index (χ0) is 30.2. The Hall–Kier alpha value is -5.42. The summed E-state index contributed by atoms with van der Waals surface area (Å²) in [6.07, 6.45) is 0. The number of H-pyrrole nitrogens is 1. The molecule has 0 fully saturated rings. The van der Waals surface area contributed by atoms with Crippen LogP contribution in [0.15, 0.2) is 150 Å². The van der Waals surface area contributed by atoms with Crippen LogP contribution in [0.4, 0.5) is 0 Å². The molecule has 0 atom stereocenters. The third-order valence-corrected chi connectivity index (χ3v) is 11.6. The van der Waals surface area contributed by atoms with Gasteiger partial charge in [0.25, 0.3) is 0 Å². The molecule has 0 radical (unpaired) electrons. The van der Waals surface area contributed by atoms with E-state index in [2.05, 4.69) is 132 Å². The molecule has 4 heterocycles. The van der Waals surface area contributed by atoms with Crippen LogP contribution >= 0.6 is 22.7 Å². The van der Waals surface area contributed by atoms with Gasteiger partial charge in [-0.05, 0) is 64.2 Å². The van der Waals surface area contributed by atoms with Crippen LogP contribution in [0.5, 0.6) is 0 Å². The van der Waals surface area contributed by atoms with Gasteiger partial charge in [0.05, 0.1) is 9.40 Å². The van der Waals surface area contributed by atoms with E-state index in [0.717, 1.165) is 28.0 Å². The molecule has 6 aromatic carbocycles. The highest BCUT2D eigenvalue weighted by Gasteiger charge is 2.14. The van der Waals surface area contributed by atoms with Crippen LogP contribution in [0.3, 0.4) is 0 Å². The first-order valence-corrected chi connectivity index (χ1v) is 17.0. The lowest BCUT2D eigenvalue weighted by Gasteiger charge is -2.05. The highest BCUT2D eigenvalue weighted by molar-refractivity contribution is 7.36. The van der Waals surface area contributed by atoms with Crippen LogP contribution in [0.1, 0.15) is 0 Å². The van der Waals surface area contributed by atoms with E-state index in [0.29, 0.717) is 0 Å². The predicted molar refractivity (Wildman–Crippen MR) is 198 cm³/mol. The summed E-state index contributed by atoms with van der Waals surface area (Å²) in [5, 5.41) is 5.05. The summed E-state index contributed by atoms with van der Waals surface area (Å²) in [7, 11) is 0. The van der Waals surface area contributed by atoms with Crippen molar-refractivity contribution >= 4 is 74.1 Å². The van der Waals surface area contributed by atoms with Crippen LogP contribution < -0.4 is 0 Å². The third-order valence-electron chi connectivity index (χ3n) is 9.07. The summed E-state index contributed by atoms with van der Waals surface area (Å²) in [5.74, 6) is 0.902. The molecule has 4 aromatic heterocycles. The van der Waals surface area contributed by atoms with E-state index in [1.54, 1.807) is 0 Å². The van der Waals surface area contributed by atoms with Gasteiger partial charge in [0.15, 0.2) is 0 Å². The van der Waals surface area contributed by atoms with Crippen LogP contribution in [-0.4, -0.2) is 4.98 Å². The molecule has 0 amide bonds. The highest BCUT2D eigenvalue weighted by atomic mass is 32.1. The Bertz CT molecular complexity index is 2480. The first-order valence-electron chi connectivity index (χ1n) is 15.4. The minimum atomic E-state index is 0.902. The first kappa shape index (κ1) is 25.9. The molecular formula is C42H25NOS2. The number of benzene rings is 6. The largest absolute Gasteiger partial charge is 0.456 e. The number of aromatic nitrogens is 1. The van der Waals surface area contributed by atoms with Gasteiger partial charge in [-0.15, -0.1) is 22.7 Å². The number of thiophene rings is 2. The average Bonchev–Trinajstić information content (AvgIpc) is 3.89. The van der Waals surface area contributed by atoms with Gasteiger partial charge in [-0.1, -0.05) is 109 Å². The number of para-hydroxylation sites is 2. The van der Waals surface area contributed by atoms with Crippen LogP contribution in [0.25, 0.3) is 96.3 Å². The molecule has 0 aliphatic rings. The summed E-state index contributed by atoms with van der Waals surface area (Å²) in [6, 6.07) is 52.4. The Labute approximate surface area is 272 Å². The molecule has 0 bridgehead atoms. The molecule has 0 unspecified atom stereocenters. The second-order valence-electron chi connectivity index (χ2n) is 11.9. The second-order valence-corrected chi connectivity index (χ2v) is 14.0. The minimum absolute atomic E-state index is 0.902.